The molecular formula is C10H18O4. The van der Waals surface area contributed by atoms with Crippen LogP contribution in [0.2, 0.25) is 0 Å². The van der Waals surface area contributed by atoms with Crippen molar-refractivity contribution in [2.24, 2.45) is 17.8 Å². The number of carbonyl (C=O) groups is 2. The van der Waals surface area contributed by atoms with Gasteiger partial charge in [0.15, 0.2) is 0 Å². The maximum Gasteiger partial charge on any atom is 0.306 e. The standard InChI is InChI=1S/C10H18O4/c1-4-7(6(3)9(11)12)8(5-2)10(13)14/h6-8H,4-5H2,1-3H3,(H,11,12)(H,13,14). The molecule has 0 spiro atoms. The molecule has 4 nitrogen and oxygen atoms in total. The van der Waals surface area contributed by atoms with E-state index in [-0.39, 0.29) is 5.92 Å². The first-order chi connectivity index (χ1) is 6.45. The third-order valence-electron chi connectivity index (χ3n) is 2.78. The van der Waals surface area contributed by atoms with Gasteiger partial charge in [0.25, 0.3) is 0 Å². The molecule has 0 heterocycles. The Morgan fingerprint density at radius 1 is 1.07 bits per heavy atom. The van der Waals surface area contributed by atoms with Gasteiger partial charge < -0.3 is 10.2 Å². The van der Waals surface area contributed by atoms with Crippen LogP contribution >= 0.6 is 0 Å². The van der Waals surface area contributed by atoms with E-state index in [4.69, 9.17) is 10.2 Å². The Morgan fingerprint density at radius 3 is 1.79 bits per heavy atom. The second kappa shape index (κ2) is 5.62. The fraction of sp³-hybridized carbons (Fsp3) is 0.800. The van der Waals surface area contributed by atoms with E-state index in [1.54, 1.807) is 13.8 Å². The molecule has 0 aliphatic heterocycles. The van der Waals surface area contributed by atoms with Crippen molar-refractivity contribution in [3.05, 3.63) is 0 Å². The lowest BCUT2D eigenvalue weighted by molar-refractivity contribution is -0.149. The summed E-state index contributed by atoms with van der Waals surface area (Å²) in [6.45, 7) is 5.17. The van der Waals surface area contributed by atoms with Crippen LogP contribution in [0.25, 0.3) is 0 Å². The van der Waals surface area contributed by atoms with Crippen LogP contribution in [-0.2, 0) is 9.59 Å². The first kappa shape index (κ1) is 12.9. The minimum Gasteiger partial charge on any atom is -0.481 e. The molecule has 0 aromatic carbocycles. The Balaban J connectivity index is 4.67. The normalized spacial score (nSPS) is 17.1. The van der Waals surface area contributed by atoms with Crippen LogP contribution in [0, 0.1) is 17.8 Å². The van der Waals surface area contributed by atoms with Crippen LogP contribution in [-0.4, -0.2) is 22.2 Å². The molecule has 0 saturated carbocycles. The van der Waals surface area contributed by atoms with Crippen molar-refractivity contribution in [1.82, 2.24) is 0 Å². The van der Waals surface area contributed by atoms with Gasteiger partial charge in [-0.15, -0.1) is 0 Å². The minimum atomic E-state index is -0.920. The van der Waals surface area contributed by atoms with Gasteiger partial charge in [-0.1, -0.05) is 27.2 Å². The zero-order valence-corrected chi connectivity index (χ0v) is 8.86. The summed E-state index contributed by atoms with van der Waals surface area (Å²) in [5, 5.41) is 17.7. The van der Waals surface area contributed by atoms with E-state index in [2.05, 4.69) is 0 Å². The molecule has 0 amide bonds. The molecule has 0 aromatic rings. The van der Waals surface area contributed by atoms with Crippen LogP contribution in [0.1, 0.15) is 33.6 Å². The number of carboxylic acid groups (broad SMARTS) is 2. The van der Waals surface area contributed by atoms with Crippen molar-refractivity contribution in [3.63, 3.8) is 0 Å². The van der Waals surface area contributed by atoms with Gasteiger partial charge in [-0.2, -0.15) is 0 Å². The van der Waals surface area contributed by atoms with Gasteiger partial charge in [-0.3, -0.25) is 9.59 Å². The Kier molecular flexibility index (Phi) is 5.20. The van der Waals surface area contributed by atoms with Crippen molar-refractivity contribution in [3.8, 4) is 0 Å². The van der Waals surface area contributed by atoms with Crippen molar-refractivity contribution in [2.45, 2.75) is 33.6 Å². The Hall–Kier alpha value is -1.06. The lowest BCUT2D eigenvalue weighted by Gasteiger charge is -2.24. The van der Waals surface area contributed by atoms with Gasteiger partial charge in [0.2, 0.25) is 0 Å². The summed E-state index contributed by atoms with van der Waals surface area (Å²) < 4.78 is 0. The maximum absolute atomic E-state index is 10.9. The average molecular weight is 202 g/mol. The van der Waals surface area contributed by atoms with Gasteiger partial charge in [0.05, 0.1) is 11.8 Å². The molecule has 3 unspecified atom stereocenters. The smallest absolute Gasteiger partial charge is 0.306 e. The lowest BCUT2D eigenvalue weighted by atomic mass is 9.79. The Bertz CT molecular complexity index is 212. The van der Waals surface area contributed by atoms with Gasteiger partial charge in [0, 0.05) is 0 Å². The second-order valence-electron chi connectivity index (χ2n) is 3.55. The highest BCUT2D eigenvalue weighted by molar-refractivity contribution is 5.74. The maximum atomic E-state index is 10.9. The fourth-order valence-corrected chi connectivity index (χ4v) is 1.83. The minimum absolute atomic E-state index is 0.282. The lowest BCUT2D eigenvalue weighted by Crippen LogP contribution is -2.31. The van der Waals surface area contributed by atoms with Crippen molar-refractivity contribution < 1.29 is 19.8 Å². The summed E-state index contributed by atoms with van der Waals surface area (Å²) in [5.74, 6) is -3.24. The van der Waals surface area contributed by atoms with Gasteiger partial charge in [0.1, 0.15) is 0 Å². The molecule has 0 aromatic heterocycles. The molecule has 82 valence electrons. The number of rotatable bonds is 6. The molecule has 0 radical (unpaired) electrons. The van der Waals surface area contributed by atoms with Crippen molar-refractivity contribution in [2.75, 3.05) is 0 Å². The SMILES string of the molecule is CCC(C(=O)O)C(CC)C(C)C(=O)O. The van der Waals surface area contributed by atoms with E-state index in [0.717, 1.165) is 0 Å². The number of hydrogen-bond donors (Lipinski definition) is 2. The van der Waals surface area contributed by atoms with Crippen LogP contribution in [0.4, 0.5) is 0 Å². The number of aliphatic carboxylic acids is 2. The molecule has 2 N–H and O–H groups in total. The molecule has 0 saturated heterocycles. The fourth-order valence-electron chi connectivity index (χ4n) is 1.83. The molecule has 0 rings (SSSR count). The summed E-state index contributed by atoms with van der Waals surface area (Å²) in [6, 6.07) is 0. The van der Waals surface area contributed by atoms with E-state index < -0.39 is 23.8 Å². The summed E-state index contributed by atoms with van der Waals surface area (Å²) >= 11 is 0. The number of hydrogen-bond acceptors (Lipinski definition) is 2. The largest absolute Gasteiger partial charge is 0.481 e. The van der Waals surface area contributed by atoms with Crippen molar-refractivity contribution in [1.29, 1.82) is 0 Å². The highest BCUT2D eigenvalue weighted by Gasteiger charge is 2.32. The molecule has 14 heavy (non-hydrogen) atoms. The van der Waals surface area contributed by atoms with Crippen molar-refractivity contribution >= 4 is 11.9 Å². The number of carboxylic acids is 2. The first-order valence-corrected chi connectivity index (χ1v) is 4.91. The summed E-state index contributed by atoms with van der Waals surface area (Å²) in [7, 11) is 0. The molecule has 0 bridgehead atoms. The molecule has 3 atom stereocenters. The molecule has 0 aliphatic carbocycles. The monoisotopic (exact) mass is 202 g/mol. The van der Waals surface area contributed by atoms with Crippen LogP contribution in [0.5, 0.6) is 0 Å². The topological polar surface area (TPSA) is 74.6 Å². The molecular weight excluding hydrogens is 184 g/mol. The van der Waals surface area contributed by atoms with E-state index in [1.165, 1.54) is 0 Å². The first-order valence-electron chi connectivity index (χ1n) is 4.91. The molecule has 4 heteroatoms. The van der Waals surface area contributed by atoms with E-state index in [0.29, 0.717) is 12.8 Å². The Labute approximate surface area is 83.9 Å². The summed E-state index contributed by atoms with van der Waals surface area (Å²) in [4.78, 5) is 21.6. The third kappa shape index (κ3) is 3.01. The predicted octanol–water partition coefficient (Wildman–Crippen LogP) is 1.84. The Morgan fingerprint density at radius 2 is 1.57 bits per heavy atom. The highest BCUT2D eigenvalue weighted by Crippen LogP contribution is 2.27. The highest BCUT2D eigenvalue weighted by atomic mass is 16.4. The van der Waals surface area contributed by atoms with E-state index >= 15 is 0 Å². The van der Waals surface area contributed by atoms with Crippen LogP contribution < -0.4 is 0 Å². The summed E-state index contributed by atoms with van der Waals surface area (Å²) in [6.07, 6.45) is 1.06. The summed E-state index contributed by atoms with van der Waals surface area (Å²) in [5.41, 5.74) is 0. The van der Waals surface area contributed by atoms with Gasteiger partial charge in [-0.05, 0) is 12.3 Å². The van der Waals surface area contributed by atoms with E-state index in [9.17, 15) is 9.59 Å². The van der Waals surface area contributed by atoms with Crippen LogP contribution in [0.15, 0.2) is 0 Å². The second-order valence-corrected chi connectivity index (χ2v) is 3.55. The molecule has 0 aliphatic rings. The van der Waals surface area contributed by atoms with Gasteiger partial charge in [-0.25, -0.2) is 0 Å². The third-order valence-corrected chi connectivity index (χ3v) is 2.78. The molecule has 0 fully saturated rings. The predicted molar refractivity (Wildman–Crippen MR) is 52.0 cm³/mol. The van der Waals surface area contributed by atoms with Crippen LogP contribution in [0.3, 0.4) is 0 Å². The van der Waals surface area contributed by atoms with Gasteiger partial charge >= 0.3 is 11.9 Å². The van der Waals surface area contributed by atoms with E-state index in [1.807, 2.05) is 6.92 Å². The zero-order chi connectivity index (χ0) is 11.3. The average Bonchev–Trinajstić information content (AvgIpc) is 2.11. The quantitative estimate of drug-likeness (QED) is 0.689. The zero-order valence-electron chi connectivity index (χ0n) is 8.86.